The molecule has 5 amide bonds. The van der Waals surface area contributed by atoms with Crippen LogP contribution in [0.25, 0.3) is 0 Å². The Kier molecular flexibility index (Phi) is 49.3. The third-order valence-electron chi connectivity index (χ3n) is 13.6. The van der Waals surface area contributed by atoms with Crippen LogP contribution < -0.4 is 27.8 Å². The van der Waals surface area contributed by atoms with E-state index >= 15 is 0 Å². The fraction of sp³-hybridized carbons (Fsp3) is 0.845. The Bertz CT molecular complexity index is 1440. The maximum absolute atomic E-state index is 13.3. The molecule has 0 rings (SSSR count). The maximum atomic E-state index is 13.3. The average molecular weight is 1050 g/mol. The summed E-state index contributed by atoms with van der Waals surface area (Å²) in [5, 5.41) is 34.9. The Morgan fingerprint density at radius 3 is 0.919 bits per heavy atom. The van der Waals surface area contributed by atoms with Gasteiger partial charge in [0.15, 0.2) is 0 Å². The van der Waals surface area contributed by atoms with Gasteiger partial charge in [-0.2, -0.15) is 0 Å². The van der Waals surface area contributed by atoms with Crippen LogP contribution in [0.1, 0.15) is 226 Å². The minimum absolute atomic E-state index is 0.00908. The SMILES string of the molecule is CCCCCCCC/C=C/CCCCCCCC(=O)NCCCN(CCCCN(CCCN(CCCNC(=O)CCCCCCC/C=C/CCCCCCCC)C(=O)[C@@H](N)CO)C(=O)[C@@H](N)CO)C(=O)[C@@H](N)CO. The van der Waals surface area contributed by atoms with E-state index < -0.39 is 55.7 Å². The third kappa shape index (κ3) is 40.8. The van der Waals surface area contributed by atoms with Crippen LogP contribution in [0.5, 0.6) is 0 Å². The molecule has 0 bridgehead atoms. The minimum atomic E-state index is -1.13. The number of aliphatic hydroxyl groups excluding tert-OH is 3. The van der Waals surface area contributed by atoms with Gasteiger partial charge in [-0.05, 0) is 96.3 Å². The van der Waals surface area contributed by atoms with E-state index in [9.17, 15) is 39.3 Å². The molecule has 74 heavy (non-hydrogen) atoms. The highest BCUT2D eigenvalue weighted by molar-refractivity contribution is 5.83. The van der Waals surface area contributed by atoms with E-state index in [0.717, 1.165) is 57.8 Å². The van der Waals surface area contributed by atoms with Crippen molar-refractivity contribution in [1.29, 1.82) is 0 Å². The van der Waals surface area contributed by atoms with E-state index in [2.05, 4.69) is 48.8 Å². The predicted octanol–water partition coefficient (Wildman–Crippen LogP) is 7.69. The van der Waals surface area contributed by atoms with E-state index in [1.807, 2.05) is 0 Å². The molecule has 0 saturated carbocycles. The molecule has 11 N–H and O–H groups in total. The Morgan fingerprint density at radius 2 is 0.622 bits per heavy atom. The first kappa shape index (κ1) is 70.6. The lowest BCUT2D eigenvalue weighted by Gasteiger charge is -2.29. The van der Waals surface area contributed by atoms with E-state index in [1.54, 1.807) is 14.7 Å². The highest BCUT2D eigenvalue weighted by Gasteiger charge is 2.24. The van der Waals surface area contributed by atoms with E-state index in [0.29, 0.717) is 77.7 Å². The largest absolute Gasteiger partial charge is 0.394 e. The molecule has 3 atom stereocenters. The molecule has 0 saturated heterocycles. The van der Waals surface area contributed by atoms with Crippen molar-refractivity contribution >= 4 is 29.5 Å². The van der Waals surface area contributed by atoms with Gasteiger partial charge in [-0.15, -0.1) is 0 Å². The van der Waals surface area contributed by atoms with Crippen molar-refractivity contribution in [2.45, 2.75) is 244 Å². The predicted molar refractivity (Wildman–Crippen MR) is 303 cm³/mol. The van der Waals surface area contributed by atoms with Crippen LogP contribution in [-0.4, -0.2) is 150 Å². The van der Waals surface area contributed by atoms with Crippen LogP contribution in [0, 0.1) is 0 Å². The molecule has 0 aromatic rings. The molecule has 16 heteroatoms. The summed E-state index contributed by atoms with van der Waals surface area (Å²) in [6.45, 7) is 5.41. The normalized spacial score (nSPS) is 12.8. The van der Waals surface area contributed by atoms with E-state index in [-0.39, 0.29) is 31.4 Å². The smallest absolute Gasteiger partial charge is 0.241 e. The second-order valence-electron chi connectivity index (χ2n) is 20.5. The number of nitrogens with zero attached hydrogens (tertiary/aromatic N) is 3. The van der Waals surface area contributed by atoms with Gasteiger partial charge < -0.3 is 57.9 Å². The molecule has 432 valence electrons. The van der Waals surface area contributed by atoms with Gasteiger partial charge in [0.2, 0.25) is 29.5 Å². The van der Waals surface area contributed by atoms with Crippen molar-refractivity contribution in [3.63, 3.8) is 0 Å². The molecule has 0 fully saturated rings. The third-order valence-corrected chi connectivity index (χ3v) is 13.6. The summed E-state index contributed by atoms with van der Waals surface area (Å²) in [4.78, 5) is 69.2. The first-order chi connectivity index (χ1) is 36.0. The number of amides is 5. The number of nitrogens with one attached hydrogen (secondary N) is 2. The molecule has 0 aliphatic heterocycles. The molecule has 0 heterocycles. The van der Waals surface area contributed by atoms with Gasteiger partial charge in [0.1, 0.15) is 18.1 Å². The lowest BCUT2D eigenvalue weighted by atomic mass is 10.1. The van der Waals surface area contributed by atoms with Crippen LogP contribution in [0.15, 0.2) is 24.3 Å². The van der Waals surface area contributed by atoms with Crippen LogP contribution in [0.2, 0.25) is 0 Å². The second kappa shape index (κ2) is 51.7. The summed E-state index contributed by atoms with van der Waals surface area (Å²) in [5.41, 5.74) is 17.8. The fourth-order valence-corrected chi connectivity index (χ4v) is 8.88. The summed E-state index contributed by atoms with van der Waals surface area (Å²) in [5.74, 6) is -1.30. The van der Waals surface area contributed by atoms with Gasteiger partial charge in [0.25, 0.3) is 0 Å². The molecular weight excluding hydrogens is 937 g/mol. The number of allylic oxidation sites excluding steroid dienone is 4. The van der Waals surface area contributed by atoms with Gasteiger partial charge in [0, 0.05) is 65.2 Å². The highest BCUT2D eigenvalue weighted by Crippen LogP contribution is 2.13. The molecule has 0 spiro atoms. The zero-order valence-corrected chi connectivity index (χ0v) is 47.1. The maximum Gasteiger partial charge on any atom is 0.241 e. The van der Waals surface area contributed by atoms with Gasteiger partial charge in [-0.25, -0.2) is 0 Å². The van der Waals surface area contributed by atoms with E-state index in [4.69, 9.17) is 17.2 Å². The Balaban J connectivity index is 4.75. The van der Waals surface area contributed by atoms with Gasteiger partial charge >= 0.3 is 0 Å². The quantitative estimate of drug-likeness (QED) is 0.0216. The molecule has 0 radical (unpaired) electrons. The molecule has 0 aromatic heterocycles. The Morgan fingerprint density at radius 1 is 0.365 bits per heavy atom. The number of hydrogen-bond acceptors (Lipinski definition) is 11. The molecular formula is C58H112N8O8. The number of unbranched alkanes of at least 4 members (excludes halogenated alkanes) is 23. The molecule has 0 aliphatic rings. The lowest BCUT2D eigenvalue weighted by Crippen LogP contribution is -2.49. The van der Waals surface area contributed by atoms with Crippen molar-refractivity contribution in [1.82, 2.24) is 25.3 Å². The monoisotopic (exact) mass is 1050 g/mol. The molecule has 0 unspecified atom stereocenters. The molecule has 16 nitrogen and oxygen atoms in total. The number of nitrogens with two attached hydrogens (primary N) is 3. The number of carbonyl (C=O) groups excluding carboxylic acids is 5. The molecule has 0 aliphatic carbocycles. The van der Waals surface area contributed by atoms with E-state index in [1.165, 1.54) is 109 Å². The second-order valence-corrected chi connectivity index (χ2v) is 20.5. The Labute approximate surface area is 450 Å². The van der Waals surface area contributed by atoms with Crippen LogP contribution in [0.3, 0.4) is 0 Å². The van der Waals surface area contributed by atoms with Crippen LogP contribution in [0.4, 0.5) is 0 Å². The zero-order chi connectivity index (χ0) is 54.7. The van der Waals surface area contributed by atoms with Crippen molar-refractivity contribution in [3.8, 4) is 0 Å². The summed E-state index contributed by atoms with van der Waals surface area (Å²) >= 11 is 0. The first-order valence-electron chi connectivity index (χ1n) is 29.8. The molecule has 0 aromatic carbocycles. The summed E-state index contributed by atoms with van der Waals surface area (Å²) < 4.78 is 0. The lowest BCUT2D eigenvalue weighted by molar-refractivity contribution is -0.135. The van der Waals surface area contributed by atoms with Crippen molar-refractivity contribution in [3.05, 3.63) is 24.3 Å². The topological polar surface area (TPSA) is 258 Å². The standard InChI is InChI=1S/C58H112N8O8/c1-3-5-7-9-11-13-15-17-19-21-23-25-27-29-31-38-54(70)62-40-35-44-64(56(72)51(59)48-67)42-33-34-43-65(57(73)52(60)49-68)46-37-47-66(58(74)53(61)50-69)45-36-41-63-55(71)39-32-30-28-26-24-22-20-18-16-14-12-10-8-6-4-2/h17-20,51-53,67-69H,3-16,21-50,59-61H2,1-2H3,(H,62,70)(H,63,71)/b19-17+,20-18+/t51-,52-,53-/m0/s1. The Hall–Kier alpha value is -3.41. The number of carbonyl (C=O) groups is 5. The minimum Gasteiger partial charge on any atom is -0.394 e. The summed E-state index contributed by atoms with van der Waals surface area (Å²) in [7, 11) is 0. The van der Waals surface area contributed by atoms with Gasteiger partial charge in [-0.3, -0.25) is 24.0 Å². The number of aliphatic hydroxyl groups is 3. The van der Waals surface area contributed by atoms with Crippen molar-refractivity contribution < 1.29 is 39.3 Å². The van der Waals surface area contributed by atoms with Gasteiger partial charge in [0.05, 0.1) is 19.8 Å². The average Bonchev–Trinajstić information content (AvgIpc) is 3.41. The van der Waals surface area contributed by atoms with Crippen molar-refractivity contribution in [2.75, 3.05) is 72.2 Å². The number of hydrogen-bond donors (Lipinski definition) is 8. The van der Waals surface area contributed by atoms with Crippen molar-refractivity contribution in [2.24, 2.45) is 17.2 Å². The number of rotatable bonds is 53. The van der Waals surface area contributed by atoms with Gasteiger partial charge in [-0.1, -0.05) is 141 Å². The van der Waals surface area contributed by atoms with Crippen LogP contribution in [-0.2, 0) is 24.0 Å². The first-order valence-corrected chi connectivity index (χ1v) is 29.8. The summed E-state index contributed by atoms with van der Waals surface area (Å²) in [6.07, 6.45) is 43.7. The zero-order valence-electron chi connectivity index (χ0n) is 47.1. The summed E-state index contributed by atoms with van der Waals surface area (Å²) in [6, 6.07) is -3.30. The highest BCUT2D eigenvalue weighted by atomic mass is 16.3. The fourth-order valence-electron chi connectivity index (χ4n) is 8.88. The van der Waals surface area contributed by atoms with Crippen LogP contribution >= 0.6 is 0 Å².